The van der Waals surface area contributed by atoms with Gasteiger partial charge in [-0.2, -0.15) is 0 Å². The molecule has 0 spiro atoms. The lowest BCUT2D eigenvalue weighted by Crippen LogP contribution is -2.31. The molecule has 0 saturated heterocycles. The van der Waals surface area contributed by atoms with Crippen molar-refractivity contribution in [3.63, 3.8) is 0 Å². The molecule has 15 nitrogen and oxygen atoms in total. The average molecular weight is 1560 g/mol. The van der Waals surface area contributed by atoms with Crippen LogP contribution in [0.1, 0.15) is 145 Å². The number of fused-ring (bicyclic) bond motifs is 15. The summed E-state index contributed by atoms with van der Waals surface area (Å²) >= 11 is 0. The van der Waals surface area contributed by atoms with Gasteiger partial charge in [-0.25, -0.2) is 32.8 Å². The van der Waals surface area contributed by atoms with Gasteiger partial charge in [0.15, 0.2) is 47.7 Å². The van der Waals surface area contributed by atoms with Crippen LogP contribution in [-0.2, 0) is 35.2 Å². The van der Waals surface area contributed by atoms with Gasteiger partial charge in [-0.15, -0.1) is 0 Å². The number of rotatable bonds is 8. The molecule has 0 bridgehead atoms. The fourth-order valence-electron chi connectivity index (χ4n) is 15.6. The summed E-state index contributed by atoms with van der Waals surface area (Å²) in [5, 5.41) is 8.40. The van der Waals surface area contributed by atoms with Crippen LogP contribution in [0.15, 0.2) is 260 Å². The molecule has 582 valence electrons. The number of hydrogen-bond donors (Lipinski definition) is 0. The molecule has 20 aromatic rings. The van der Waals surface area contributed by atoms with Gasteiger partial charge in [-0.05, 0) is 198 Å². The van der Waals surface area contributed by atoms with Crippen LogP contribution < -0.4 is 22.8 Å². The third-order valence-corrected chi connectivity index (χ3v) is 21.4. The van der Waals surface area contributed by atoms with Gasteiger partial charge >= 0.3 is 0 Å². The van der Waals surface area contributed by atoms with Crippen molar-refractivity contribution in [3.05, 3.63) is 299 Å². The average Bonchev–Trinajstić information content (AvgIpc) is 1.61. The number of hydrogen-bond acceptors (Lipinski definition) is 10. The van der Waals surface area contributed by atoms with E-state index in [0.717, 1.165) is 93.7 Å². The summed E-state index contributed by atoms with van der Waals surface area (Å²) in [5.74, 6) is -4.69. The molecule has 0 N–H and O–H groups in total. The Kier molecular flexibility index (Phi) is 15.9. The summed E-state index contributed by atoms with van der Waals surface area (Å²) in [6, 6.07) is 57.2. The van der Waals surface area contributed by atoms with Gasteiger partial charge in [-0.1, -0.05) is 71.7 Å². The Morgan fingerprint density at radius 2 is 0.906 bits per heavy atom. The molecular formula is C102H99N10O5+5. The fraction of sp³-hybridized carbons (Fsp3) is 0.216. The Bertz CT molecular complexity index is 7910. The van der Waals surface area contributed by atoms with Crippen molar-refractivity contribution >= 4 is 110 Å². The highest BCUT2D eigenvalue weighted by Crippen LogP contribution is 2.43. The van der Waals surface area contributed by atoms with Crippen LogP contribution in [0.4, 0.5) is 0 Å². The van der Waals surface area contributed by atoms with E-state index in [1.807, 2.05) is 104 Å². The first kappa shape index (κ1) is 58.4. The Hall–Kier alpha value is -13.4. The molecular weight excluding hydrogens is 1450 g/mol. The molecule has 0 aliphatic carbocycles. The zero-order valence-electron chi connectivity index (χ0n) is 85.5. The maximum absolute atomic E-state index is 8.63. The van der Waals surface area contributed by atoms with Crippen molar-refractivity contribution in [1.29, 1.82) is 0 Å². The van der Waals surface area contributed by atoms with Gasteiger partial charge in [0.05, 0.1) is 50.8 Å². The second kappa shape index (κ2) is 31.8. The van der Waals surface area contributed by atoms with Crippen molar-refractivity contribution in [2.45, 2.75) is 114 Å². The first-order valence-corrected chi connectivity index (χ1v) is 38.3. The van der Waals surface area contributed by atoms with Crippen molar-refractivity contribution in [3.8, 4) is 56.3 Å². The second-order valence-corrected chi connectivity index (χ2v) is 29.9. The monoisotopic (exact) mass is 1560 g/mol. The Balaban J connectivity index is 0.000000124. The lowest BCUT2D eigenvalue weighted by Gasteiger charge is -2.11. The van der Waals surface area contributed by atoms with E-state index in [2.05, 4.69) is 129 Å². The first-order valence-electron chi connectivity index (χ1n) is 47.3. The molecule has 0 aliphatic rings. The lowest BCUT2D eigenvalue weighted by molar-refractivity contribution is -0.660. The van der Waals surface area contributed by atoms with Gasteiger partial charge < -0.3 is 22.1 Å². The van der Waals surface area contributed by atoms with Gasteiger partial charge in [-0.3, -0.25) is 15.0 Å². The molecule has 15 heteroatoms. The van der Waals surface area contributed by atoms with E-state index >= 15 is 0 Å². The number of aromatic nitrogens is 10. The molecule has 0 aliphatic heterocycles. The number of nitrogens with zero attached hydrogens (tertiary/aromatic N) is 10. The van der Waals surface area contributed by atoms with Crippen molar-refractivity contribution < 1.29 is 69.6 Å². The maximum atomic E-state index is 8.63. The quantitative estimate of drug-likeness (QED) is 0.135. The van der Waals surface area contributed by atoms with Crippen LogP contribution in [0.25, 0.3) is 166 Å². The lowest BCUT2D eigenvalue weighted by atomic mass is 9.98. The van der Waals surface area contributed by atoms with E-state index in [9.17, 15) is 0 Å². The SMILES string of the molecule is Cc1cc2c(cc1-c1cccc[n+]1C)oc1cnccc12.Cc1cc2c(cc1-c1cccc[n+]1C)oc1ncccc12.[2H]C([2H])([2H])c1ccc(-c2c(C)ccc3oc4cc(C([2H])(C)C)ncc4c23)[n+](C)c1.[2H]C([2H])([2H])c1ccc(-c2c(C)ccc3oc4ccc(C([2H])(C)C([2H])([2H])[2H])nc4c23)[n+](C)c1.[2H]C([2H])([2H])c1ccc(-c2c(C)nc(C([2H])(C)C([2H])([2H])[2H])c3oc4ccccc4c23)[n+](C)c1. The predicted molar refractivity (Wildman–Crippen MR) is 471 cm³/mol. The summed E-state index contributed by atoms with van der Waals surface area (Å²) in [5.41, 5.74) is 23.2. The largest absolute Gasteiger partial charge is 0.456 e. The molecule has 15 heterocycles. The van der Waals surface area contributed by atoms with Crippen LogP contribution in [-0.4, -0.2) is 24.9 Å². The molecule has 0 amide bonds. The predicted octanol–water partition coefficient (Wildman–Crippen LogP) is 23.2. The van der Waals surface area contributed by atoms with Crippen LogP contribution >= 0.6 is 0 Å². The van der Waals surface area contributed by atoms with Gasteiger partial charge in [0, 0.05) is 163 Å². The van der Waals surface area contributed by atoms with Crippen molar-refractivity contribution in [2.75, 3.05) is 0 Å². The summed E-state index contributed by atoms with van der Waals surface area (Å²) < 4.78 is 181. The zero-order chi connectivity index (χ0) is 97.2. The molecule has 2 atom stereocenters. The second-order valence-electron chi connectivity index (χ2n) is 29.9. The number of benzene rings is 5. The summed E-state index contributed by atoms with van der Waals surface area (Å²) in [4.78, 5) is 22.1. The zero-order valence-corrected chi connectivity index (χ0v) is 67.5. The summed E-state index contributed by atoms with van der Waals surface area (Å²) in [7, 11) is 9.49. The Morgan fingerprint density at radius 1 is 0.359 bits per heavy atom. The molecule has 0 saturated carbocycles. The molecule has 2 unspecified atom stereocenters. The minimum absolute atomic E-state index is 0.0479. The minimum Gasteiger partial charge on any atom is -0.456 e. The molecule has 20 rings (SSSR count). The minimum atomic E-state index is -2.62. The third kappa shape index (κ3) is 14.8. The number of para-hydroxylation sites is 1. The first-order chi connectivity index (χ1) is 63.4. The highest BCUT2D eigenvalue weighted by molar-refractivity contribution is 6.15. The van der Waals surface area contributed by atoms with E-state index in [-0.39, 0.29) is 28.1 Å². The Labute approximate surface area is 706 Å². The Morgan fingerprint density at radius 3 is 1.51 bits per heavy atom. The van der Waals surface area contributed by atoms with E-state index in [4.69, 9.17) is 46.8 Å². The van der Waals surface area contributed by atoms with E-state index in [1.54, 1.807) is 130 Å². The van der Waals surface area contributed by atoms with E-state index < -0.39 is 51.9 Å². The number of aryl methyl sites for hydroxylation is 13. The number of furan rings is 5. The van der Waals surface area contributed by atoms with Gasteiger partial charge in [0.25, 0.3) is 0 Å². The molecule has 0 radical (unpaired) electrons. The summed E-state index contributed by atoms with van der Waals surface area (Å²) in [6.07, 6.45) is 16.0. The standard InChI is InChI=1S/3C22H23N2O.2C18H15N2O/c1-13(2)16-8-11-19-22(23-16)21-18(25-19)10-7-15(4)20(21)17-9-6-14(3)12-24(17)5;1-13(2)17-10-20-16(11-23-17)22-19(25-20)9-7-15(4)21(22)18-8-6-14(3)12-24(18)5;1-13(2)21-22-20(16-8-6-7-9-18(16)25-22)19(15(4)23-21)17-11-10-14(3)12-24(17)5;1-12-10-15-13-6-5-8-19-18(13)21-17(15)11-14(12)16-7-3-4-9-20(16)2;1-12-9-15-13-6-7-19-11-18(13)21-17(15)10-14(12)16-5-3-4-8-20(16)2/h3*6-13H,1-5H3;2*3-11H,1-2H3/q5*+1/i1D3,3D3,13D;3D3,13D;1D3,3D3,13D;;. The molecule has 5 aromatic carbocycles. The molecule has 0 fully saturated rings. The van der Waals surface area contributed by atoms with E-state index in [0.29, 0.717) is 72.5 Å². The van der Waals surface area contributed by atoms with Crippen LogP contribution in [0, 0.1) is 55.2 Å². The van der Waals surface area contributed by atoms with Crippen LogP contribution in [0.3, 0.4) is 0 Å². The van der Waals surface area contributed by atoms with Crippen molar-refractivity contribution in [1.82, 2.24) is 24.9 Å². The normalized spacial score (nSPS) is 15.5. The van der Waals surface area contributed by atoms with Gasteiger partial charge in [0.2, 0.25) is 34.2 Å². The van der Waals surface area contributed by atoms with Crippen LogP contribution in [0.5, 0.6) is 0 Å². The van der Waals surface area contributed by atoms with Crippen molar-refractivity contribution in [2.24, 2.45) is 35.2 Å². The highest BCUT2D eigenvalue weighted by atomic mass is 16.3. The fourth-order valence-corrected chi connectivity index (χ4v) is 15.6. The number of pyridine rings is 10. The highest BCUT2D eigenvalue weighted by Gasteiger charge is 2.28. The van der Waals surface area contributed by atoms with Crippen LogP contribution in [0.2, 0.25) is 0 Å². The molecule has 117 heavy (non-hydrogen) atoms. The maximum Gasteiger partial charge on any atom is 0.227 e. The smallest absolute Gasteiger partial charge is 0.227 e. The summed E-state index contributed by atoms with van der Waals surface area (Å²) in [6.45, 7) is 4.46. The third-order valence-electron chi connectivity index (χ3n) is 21.4. The van der Waals surface area contributed by atoms with Gasteiger partial charge in [0.1, 0.15) is 74.3 Å². The molecule has 15 aromatic heterocycles. The topological polar surface area (TPSA) is 150 Å². The van der Waals surface area contributed by atoms with E-state index in [1.165, 1.54) is 53.6 Å².